The number of carbonyl (C=O) groups is 2. The first-order chi connectivity index (χ1) is 14.4. The zero-order valence-electron chi connectivity index (χ0n) is 17.5. The number of benzene rings is 2. The maximum atomic E-state index is 12.4. The van der Waals surface area contributed by atoms with Crippen LogP contribution in [-0.4, -0.2) is 51.3 Å². The predicted molar refractivity (Wildman–Crippen MR) is 120 cm³/mol. The van der Waals surface area contributed by atoms with E-state index in [1.54, 1.807) is 38.4 Å². The minimum absolute atomic E-state index is 0.0771. The Balaban J connectivity index is 1.63. The first kappa shape index (κ1) is 21.6. The van der Waals surface area contributed by atoms with Gasteiger partial charge in [-0.05, 0) is 44.2 Å². The second-order valence-electron chi connectivity index (χ2n) is 7.03. The Bertz CT molecular complexity index is 1040. The fourth-order valence-electron chi connectivity index (χ4n) is 2.96. The van der Waals surface area contributed by atoms with E-state index in [0.29, 0.717) is 23.0 Å². The van der Waals surface area contributed by atoms with Gasteiger partial charge in [0, 0.05) is 37.5 Å². The Morgan fingerprint density at radius 2 is 1.83 bits per heavy atom. The van der Waals surface area contributed by atoms with Gasteiger partial charge in [0.25, 0.3) is 5.91 Å². The number of aryl methyl sites for hydroxylation is 1. The van der Waals surface area contributed by atoms with E-state index in [4.69, 9.17) is 0 Å². The van der Waals surface area contributed by atoms with Gasteiger partial charge in [0.05, 0.1) is 5.75 Å². The topological polar surface area (TPSA) is 80.1 Å². The lowest BCUT2D eigenvalue weighted by atomic mass is 10.1. The van der Waals surface area contributed by atoms with Crippen LogP contribution < -0.4 is 5.32 Å². The van der Waals surface area contributed by atoms with E-state index in [-0.39, 0.29) is 17.6 Å². The lowest BCUT2D eigenvalue weighted by Crippen LogP contribution is -2.21. The largest absolute Gasteiger partial charge is 0.345 e. The molecule has 0 aliphatic heterocycles. The molecule has 1 aromatic heterocycles. The molecule has 0 aliphatic carbocycles. The number of nitrogens with zero attached hydrogens (tertiary/aromatic N) is 4. The SMILES string of the molecule is CCn1c(SCC(=O)Nc2ccc(C(=O)N(C)C)cc2)nnc1-c1cccc(C)c1. The summed E-state index contributed by atoms with van der Waals surface area (Å²) >= 11 is 1.35. The van der Waals surface area contributed by atoms with Crippen LogP contribution in [0.4, 0.5) is 5.69 Å². The standard InChI is InChI=1S/C22H25N5O2S/c1-5-27-20(17-8-6-7-15(2)13-17)24-25-22(27)30-14-19(28)23-18-11-9-16(10-12-18)21(29)26(3)4/h6-13H,5,14H2,1-4H3,(H,23,28). The van der Waals surface area contributed by atoms with Crippen LogP contribution in [0.2, 0.25) is 0 Å². The van der Waals surface area contributed by atoms with Gasteiger partial charge < -0.3 is 14.8 Å². The fraction of sp³-hybridized carbons (Fsp3) is 0.273. The molecule has 0 atom stereocenters. The fourth-order valence-corrected chi connectivity index (χ4v) is 3.76. The van der Waals surface area contributed by atoms with Gasteiger partial charge >= 0.3 is 0 Å². The first-order valence-electron chi connectivity index (χ1n) is 9.63. The van der Waals surface area contributed by atoms with E-state index < -0.39 is 0 Å². The third-order valence-electron chi connectivity index (χ3n) is 4.46. The summed E-state index contributed by atoms with van der Waals surface area (Å²) < 4.78 is 2.01. The molecule has 7 nitrogen and oxygen atoms in total. The van der Waals surface area contributed by atoms with Crippen molar-refractivity contribution < 1.29 is 9.59 Å². The van der Waals surface area contributed by atoms with Crippen LogP contribution in [0.15, 0.2) is 53.7 Å². The highest BCUT2D eigenvalue weighted by Crippen LogP contribution is 2.24. The summed E-state index contributed by atoms with van der Waals surface area (Å²) in [6, 6.07) is 15.0. The summed E-state index contributed by atoms with van der Waals surface area (Å²) in [5.41, 5.74) is 3.39. The zero-order chi connectivity index (χ0) is 21.7. The van der Waals surface area contributed by atoms with E-state index in [0.717, 1.165) is 17.0 Å². The van der Waals surface area contributed by atoms with E-state index in [2.05, 4.69) is 21.6 Å². The van der Waals surface area contributed by atoms with Crippen LogP contribution in [0, 0.1) is 6.92 Å². The first-order valence-corrected chi connectivity index (χ1v) is 10.6. The molecular formula is C22H25N5O2S. The van der Waals surface area contributed by atoms with E-state index in [1.165, 1.54) is 16.7 Å². The lowest BCUT2D eigenvalue weighted by Gasteiger charge is -2.11. The molecule has 1 heterocycles. The van der Waals surface area contributed by atoms with Gasteiger partial charge in [-0.1, -0.05) is 35.5 Å². The average Bonchev–Trinajstić information content (AvgIpc) is 3.15. The van der Waals surface area contributed by atoms with Crippen LogP contribution >= 0.6 is 11.8 Å². The molecule has 3 rings (SSSR count). The van der Waals surface area contributed by atoms with Crippen molar-refractivity contribution in [2.75, 3.05) is 25.2 Å². The second-order valence-corrected chi connectivity index (χ2v) is 7.98. The molecule has 0 fully saturated rings. The monoisotopic (exact) mass is 423 g/mol. The second kappa shape index (κ2) is 9.58. The molecule has 2 aromatic carbocycles. The number of carbonyl (C=O) groups excluding carboxylic acids is 2. The van der Waals surface area contributed by atoms with Crippen LogP contribution in [0.3, 0.4) is 0 Å². The van der Waals surface area contributed by atoms with Gasteiger partial charge in [0.15, 0.2) is 11.0 Å². The van der Waals surface area contributed by atoms with E-state index >= 15 is 0 Å². The van der Waals surface area contributed by atoms with Gasteiger partial charge in [-0.15, -0.1) is 10.2 Å². The quantitative estimate of drug-likeness (QED) is 0.586. The summed E-state index contributed by atoms with van der Waals surface area (Å²) in [5.74, 6) is 0.788. The molecule has 0 spiro atoms. The highest BCUT2D eigenvalue weighted by atomic mass is 32.2. The molecule has 0 unspecified atom stereocenters. The highest BCUT2D eigenvalue weighted by molar-refractivity contribution is 7.99. The summed E-state index contributed by atoms with van der Waals surface area (Å²) in [5, 5.41) is 12.2. The molecule has 0 radical (unpaired) electrons. The van der Waals surface area contributed by atoms with Crippen molar-refractivity contribution >= 4 is 29.3 Å². The molecular weight excluding hydrogens is 398 g/mol. The molecule has 0 bridgehead atoms. The minimum Gasteiger partial charge on any atom is -0.345 e. The van der Waals surface area contributed by atoms with Crippen molar-refractivity contribution in [1.82, 2.24) is 19.7 Å². The van der Waals surface area contributed by atoms with Crippen molar-refractivity contribution in [2.24, 2.45) is 0 Å². The molecule has 2 amide bonds. The van der Waals surface area contributed by atoms with Crippen molar-refractivity contribution in [3.63, 3.8) is 0 Å². The zero-order valence-corrected chi connectivity index (χ0v) is 18.4. The number of hydrogen-bond donors (Lipinski definition) is 1. The number of thioether (sulfide) groups is 1. The van der Waals surface area contributed by atoms with E-state index in [1.807, 2.05) is 36.6 Å². The number of hydrogen-bond acceptors (Lipinski definition) is 5. The Morgan fingerprint density at radius 3 is 2.47 bits per heavy atom. The van der Waals surface area contributed by atoms with Crippen molar-refractivity contribution in [2.45, 2.75) is 25.5 Å². The van der Waals surface area contributed by atoms with Crippen LogP contribution in [0.1, 0.15) is 22.8 Å². The maximum absolute atomic E-state index is 12.4. The smallest absolute Gasteiger partial charge is 0.253 e. The summed E-state index contributed by atoms with van der Waals surface area (Å²) in [6.07, 6.45) is 0. The molecule has 0 aliphatic rings. The summed E-state index contributed by atoms with van der Waals surface area (Å²) in [7, 11) is 3.41. The van der Waals surface area contributed by atoms with Crippen molar-refractivity contribution in [1.29, 1.82) is 0 Å². The van der Waals surface area contributed by atoms with Gasteiger partial charge in [-0.2, -0.15) is 0 Å². The molecule has 0 saturated heterocycles. The van der Waals surface area contributed by atoms with Gasteiger partial charge in [0.2, 0.25) is 5.91 Å². The van der Waals surface area contributed by atoms with Crippen LogP contribution in [0.5, 0.6) is 0 Å². The van der Waals surface area contributed by atoms with Crippen molar-refractivity contribution in [3.8, 4) is 11.4 Å². The van der Waals surface area contributed by atoms with Crippen LogP contribution in [0.25, 0.3) is 11.4 Å². The van der Waals surface area contributed by atoms with Gasteiger partial charge in [-0.25, -0.2) is 0 Å². The number of amides is 2. The van der Waals surface area contributed by atoms with Crippen LogP contribution in [-0.2, 0) is 11.3 Å². The lowest BCUT2D eigenvalue weighted by molar-refractivity contribution is -0.113. The predicted octanol–water partition coefficient (Wildman–Crippen LogP) is 3.71. The highest BCUT2D eigenvalue weighted by Gasteiger charge is 2.15. The van der Waals surface area contributed by atoms with Gasteiger partial charge in [0.1, 0.15) is 0 Å². The molecule has 30 heavy (non-hydrogen) atoms. The number of nitrogens with one attached hydrogen (secondary N) is 1. The molecule has 0 saturated carbocycles. The summed E-state index contributed by atoms with van der Waals surface area (Å²) in [4.78, 5) is 25.8. The Hall–Kier alpha value is -3.13. The Morgan fingerprint density at radius 1 is 1.10 bits per heavy atom. The molecule has 3 aromatic rings. The molecule has 156 valence electrons. The minimum atomic E-state index is -0.144. The molecule has 1 N–H and O–H groups in total. The Kier molecular flexibility index (Phi) is 6.89. The third-order valence-corrected chi connectivity index (χ3v) is 5.43. The number of rotatable bonds is 7. The maximum Gasteiger partial charge on any atom is 0.253 e. The van der Waals surface area contributed by atoms with E-state index in [9.17, 15) is 9.59 Å². The molecule has 8 heteroatoms. The Labute approximate surface area is 180 Å². The van der Waals surface area contributed by atoms with Crippen molar-refractivity contribution in [3.05, 3.63) is 59.7 Å². The van der Waals surface area contributed by atoms with Gasteiger partial charge in [-0.3, -0.25) is 9.59 Å². The third kappa shape index (κ3) is 5.07. The number of anilines is 1. The average molecular weight is 424 g/mol. The number of aromatic nitrogens is 3. The summed E-state index contributed by atoms with van der Waals surface area (Å²) in [6.45, 7) is 4.78. The normalized spacial score (nSPS) is 10.7.